The third-order valence-corrected chi connectivity index (χ3v) is 4.52. The number of benzene rings is 1. The minimum Gasteiger partial charge on any atom is -0.494 e. The highest BCUT2D eigenvalue weighted by Gasteiger charge is 2.09. The maximum atomic E-state index is 10.8. The summed E-state index contributed by atoms with van der Waals surface area (Å²) in [7, 11) is -3.31. The van der Waals surface area contributed by atoms with E-state index in [0.717, 1.165) is 25.0 Å². The van der Waals surface area contributed by atoms with E-state index in [-0.39, 0.29) is 5.75 Å². The van der Waals surface area contributed by atoms with E-state index in [1.807, 2.05) is 6.07 Å². The van der Waals surface area contributed by atoms with E-state index < -0.39 is 10.0 Å². The third kappa shape index (κ3) is 5.13. The summed E-state index contributed by atoms with van der Waals surface area (Å²) in [4.78, 5) is 0. The molecule has 0 heterocycles. The molecule has 2 rings (SSSR count). The molecule has 0 aliphatic heterocycles. The molecule has 1 aliphatic carbocycles. The molecule has 1 aliphatic rings. The molecule has 0 saturated heterocycles. The first-order chi connectivity index (χ1) is 9.54. The van der Waals surface area contributed by atoms with E-state index in [4.69, 9.17) is 9.88 Å². The Bertz CT molecular complexity index is 540. The van der Waals surface area contributed by atoms with Crippen LogP contribution in [0.4, 0.5) is 0 Å². The van der Waals surface area contributed by atoms with Crippen molar-refractivity contribution in [3.05, 3.63) is 29.3 Å². The van der Waals surface area contributed by atoms with Gasteiger partial charge in [0, 0.05) is 0 Å². The largest absolute Gasteiger partial charge is 0.494 e. The van der Waals surface area contributed by atoms with Crippen molar-refractivity contribution in [2.45, 2.75) is 44.9 Å². The van der Waals surface area contributed by atoms with E-state index in [2.05, 4.69) is 12.1 Å². The molecule has 112 valence electrons. The molecule has 1 aromatic rings. The average molecular weight is 297 g/mol. The smallest absolute Gasteiger partial charge is 0.209 e. The summed E-state index contributed by atoms with van der Waals surface area (Å²) in [6, 6.07) is 6.36. The highest BCUT2D eigenvalue weighted by molar-refractivity contribution is 7.89. The molecule has 0 saturated carbocycles. The van der Waals surface area contributed by atoms with E-state index in [1.54, 1.807) is 0 Å². The van der Waals surface area contributed by atoms with Gasteiger partial charge in [-0.15, -0.1) is 0 Å². The van der Waals surface area contributed by atoms with Crippen molar-refractivity contribution >= 4 is 10.0 Å². The molecular formula is C15H23NO3S. The quantitative estimate of drug-likeness (QED) is 0.786. The SMILES string of the molecule is NS(=O)(=O)CCCCCOc1ccc2c(c1)CCCC2. The fraction of sp³-hybridized carbons (Fsp3) is 0.600. The molecule has 0 bridgehead atoms. The van der Waals surface area contributed by atoms with Crippen LogP contribution in [0.15, 0.2) is 18.2 Å². The van der Waals surface area contributed by atoms with Crippen molar-refractivity contribution in [3.8, 4) is 5.75 Å². The van der Waals surface area contributed by atoms with Gasteiger partial charge in [-0.3, -0.25) is 0 Å². The summed E-state index contributed by atoms with van der Waals surface area (Å²) >= 11 is 0. The van der Waals surface area contributed by atoms with E-state index in [9.17, 15) is 8.42 Å². The number of rotatable bonds is 7. The average Bonchev–Trinajstić information content (AvgIpc) is 2.41. The zero-order valence-corrected chi connectivity index (χ0v) is 12.6. The van der Waals surface area contributed by atoms with Crippen molar-refractivity contribution in [1.82, 2.24) is 0 Å². The van der Waals surface area contributed by atoms with Crippen molar-refractivity contribution < 1.29 is 13.2 Å². The predicted molar refractivity (Wildman–Crippen MR) is 80.4 cm³/mol. The Labute approximate surface area is 121 Å². The van der Waals surface area contributed by atoms with Gasteiger partial charge in [-0.05, 0) is 68.2 Å². The van der Waals surface area contributed by atoms with Gasteiger partial charge in [-0.1, -0.05) is 6.07 Å². The molecule has 4 nitrogen and oxygen atoms in total. The van der Waals surface area contributed by atoms with Crippen LogP contribution in [0.25, 0.3) is 0 Å². The number of hydrogen-bond donors (Lipinski definition) is 1. The number of fused-ring (bicyclic) bond motifs is 1. The van der Waals surface area contributed by atoms with Crippen molar-refractivity contribution in [2.24, 2.45) is 5.14 Å². The van der Waals surface area contributed by atoms with Crippen LogP contribution in [-0.4, -0.2) is 20.8 Å². The zero-order chi connectivity index (χ0) is 14.4. The highest BCUT2D eigenvalue weighted by Crippen LogP contribution is 2.25. The van der Waals surface area contributed by atoms with Crippen LogP contribution in [0.1, 0.15) is 43.2 Å². The Morgan fingerprint density at radius 2 is 1.80 bits per heavy atom. The van der Waals surface area contributed by atoms with Gasteiger partial charge in [0.25, 0.3) is 0 Å². The number of primary sulfonamides is 1. The number of nitrogens with two attached hydrogens (primary N) is 1. The molecule has 0 spiro atoms. The molecule has 0 unspecified atom stereocenters. The molecule has 0 atom stereocenters. The summed E-state index contributed by atoms with van der Waals surface area (Å²) < 4.78 is 27.3. The first-order valence-corrected chi connectivity index (χ1v) is 9.01. The van der Waals surface area contributed by atoms with E-state index >= 15 is 0 Å². The topological polar surface area (TPSA) is 69.4 Å². The standard InChI is InChI=1S/C15H23NO3S/c16-20(17,18)11-5-1-4-10-19-15-9-8-13-6-2-3-7-14(13)12-15/h8-9,12H,1-7,10-11H2,(H2,16,17,18). The molecule has 0 aromatic heterocycles. The summed E-state index contributed by atoms with van der Waals surface area (Å²) in [6.45, 7) is 0.628. The van der Waals surface area contributed by atoms with Crippen LogP contribution >= 0.6 is 0 Å². The molecule has 0 amide bonds. The number of ether oxygens (including phenoxy) is 1. The second kappa shape index (κ2) is 7.09. The van der Waals surface area contributed by atoms with Gasteiger partial charge in [-0.25, -0.2) is 13.6 Å². The minimum atomic E-state index is -3.31. The van der Waals surface area contributed by atoms with Gasteiger partial charge in [0.05, 0.1) is 12.4 Å². The fourth-order valence-corrected chi connectivity index (χ4v) is 3.18. The van der Waals surface area contributed by atoms with Gasteiger partial charge < -0.3 is 4.74 Å². The Balaban J connectivity index is 1.69. The van der Waals surface area contributed by atoms with Crippen LogP contribution in [0.2, 0.25) is 0 Å². The second-order valence-corrected chi connectivity index (χ2v) is 7.15. The molecule has 2 N–H and O–H groups in total. The predicted octanol–water partition coefficient (Wildman–Crippen LogP) is 2.40. The lowest BCUT2D eigenvalue weighted by Gasteiger charge is -2.16. The van der Waals surface area contributed by atoms with Crippen LogP contribution in [0.5, 0.6) is 5.75 Å². The van der Waals surface area contributed by atoms with Crippen molar-refractivity contribution in [3.63, 3.8) is 0 Å². The normalized spacial score (nSPS) is 14.8. The Morgan fingerprint density at radius 3 is 2.55 bits per heavy atom. The summed E-state index contributed by atoms with van der Waals surface area (Å²) in [5.74, 6) is 0.989. The van der Waals surface area contributed by atoms with Crippen LogP contribution in [0.3, 0.4) is 0 Å². The Morgan fingerprint density at radius 1 is 1.05 bits per heavy atom. The van der Waals surface area contributed by atoms with E-state index in [0.29, 0.717) is 13.0 Å². The Hall–Kier alpha value is -1.07. The molecule has 0 fully saturated rings. The first-order valence-electron chi connectivity index (χ1n) is 7.30. The highest BCUT2D eigenvalue weighted by atomic mass is 32.2. The monoisotopic (exact) mass is 297 g/mol. The zero-order valence-electron chi connectivity index (χ0n) is 11.8. The fourth-order valence-electron chi connectivity index (χ4n) is 2.57. The minimum absolute atomic E-state index is 0.0614. The summed E-state index contributed by atoms with van der Waals surface area (Å²) in [5, 5.41) is 4.95. The lowest BCUT2D eigenvalue weighted by atomic mass is 9.92. The molecule has 5 heteroatoms. The van der Waals surface area contributed by atoms with Crippen molar-refractivity contribution in [2.75, 3.05) is 12.4 Å². The molecule has 0 radical (unpaired) electrons. The second-order valence-electron chi connectivity index (χ2n) is 5.41. The van der Waals surface area contributed by atoms with Crippen LogP contribution in [-0.2, 0) is 22.9 Å². The lowest BCUT2D eigenvalue weighted by Crippen LogP contribution is -2.16. The Kier molecular flexibility index (Phi) is 5.43. The maximum absolute atomic E-state index is 10.8. The van der Waals surface area contributed by atoms with Crippen LogP contribution < -0.4 is 9.88 Å². The number of unbranched alkanes of at least 4 members (excludes halogenated alkanes) is 2. The van der Waals surface area contributed by atoms with Crippen LogP contribution in [0, 0.1) is 0 Å². The molecule has 1 aromatic carbocycles. The van der Waals surface area contributed by atoms with Gasteiger partial charge in [0.2, 0.25) is 10.0 Å². The number of sulfonamides is 1. The van der Waals surface area contributed by atoms with E-state index in [1.165, 1.54) is 30.4 Å². The van der Waals surface area contributed by atoms with Crippen molar-refractivity contribution in [1.29, 1.82) is 0 Å². The lowest BCUT2D eigenvalue weighted by molar-refractivity contribution is 0.306. The summed E-state index contributed by atoms with van der Waals surface area (Å²) in [6.07, 6.45) is 7.17. The molecule has 20 heavy (non-hydrogen) atoms. The first kappa shape index (κ1) is 15.3. The number of hydrogen-bond acceptors (Lipinski definition) is 3. The van der Waals surface area contributed by atoms with Gasteiger partial charge in [0.1, 0.15) is 5.75 Å². The maximum Gasteiger partial charge on any atom is 0.209 e. The summed E-state index contributed by atoms with van der Waals surface area (Å²) in [5.41, 5.74) is 2.87. The van der Waals surface area contributed by atoms with Gasteiger partial charge >= 0.3 is 0 Å². The third-order valence-electron chi connectivity index (χ3n) is 3.66. The van der Waals surface area contributed by atoms with Gasteiger partial charge in [0.15, 0.2) is 0 Å². The molecular weight excluding hydrogens is 274 g/mol. The number of aryl methyl sites for hydroxylation is 2. The van der Waals surface area contributed by atoms with Gasteiger partial charge in [-0.2, -0.15) is 0 Å².